The third-order valence-electron chi connectivity index (χ3n) is 5.40. The van der Waals surface area contributed by atoms with Gasteiger partial charge in [0, 0.05) is 42.5 Å². The van der Waals surface area contributed by atoms with Gasteiger partial charge >= 0.3 is 5.97 Å². The van der Waals surface area contributed by atoms with Gasteiger partial charge in [0.1, 0.15) is 0 Å². The molecule has 0 aliphatic carbocycles. The van der Waals surface area contributed by atoms with Crippen LogP contribution in [-0.2, 0) is 9.53 Å². The highest BCUT2D eigenvalue weighted by molar-refractivity contribution is 7.80. The van der Waals surface area contributed by atoms with Gasteiger partial charge in [-0.3, -0.25) is 19.9 Å². The average molecular weight is 452 g/mol. The van der Waals surface area contributed by atoms with E-state index in [4.69, 9.17) is 17.0 Å². The number of hydrogen-bond donors (Lipinski definition) is 1. The summed E-state index contributed by atoms with van der Waals surface area (Å²) in [7, 11) is 1.36. The molecular weight excluding hydrogens is 430 g/mol. The number of non-ortho nitro benzene ring substituents is 1. The summed E-state index contributed by atoms with van der Waals surface area (Å²) in [6.07, 6.45) is 3.80. The Morgan fingerprint density at radius 3 is 2.66 bits per heavy atom. The van der Waals surface area contributed by atoms with Crippen LogP contribution in [0.4, 0.5) is 5.69 Å². The molecule has 3 aromatic rings. The molecule has 1 aliphatic rings. The zero-order valence-electron chi connectivity index (χ0n) is 17.2. The van der Waals surface area contributed by atoms with E-state index in [1.807, 2.05) is 46.0 Å². The highest BCUT2D eigenvalue weighted by Gasteiger charge is 2.41. The molecule has 0 radical (unpaired) electrons. The largest absolute Gasteiger partial charge is 0.469 e. The topological polar surface area (TPSA) is 103 Å². The van der Waals surface area contributed by atoms with Gasteiger partial charge in [0.25, 0.3) is 5.69 Å². The van der Waals surface area contributed by atoms with E-state index in [2.05, 4.69) is 10.3 Å². The number of aromatic nitrogens is 2. The number of methoxy groups -OCH3 is 1. The van der Waals surface area contributed by atoms with Crippen LogP contribution in [-0.4, -0.2) is 44.1 Å². The van der Waals surface area contributed by atoms with Crippen LogP contribution in [0.15, 0.2) is 67.0 Å². The predicted molar refractivity (Wildman–Crippen MR) is 121 cm³/mol. The van der Waals surface area contributed by atoms with Crippen LogP contribution in [0.2, 0.25) is 0 Å². The maximum atomic E-state index is 11.8. The lowest BCUT2D eigenvalue weighted by Gasteiger charge is -2.28. The Labute approximate surface area is 189 Å². The number of benzene rings is 1. The summed E-state index contributed by atoms with van der Waals surface area (Å²) in [5, 5.41) is 14.9. The summed E-state index contributed by atoms with van der Waals surface area (Å²) in [5.41, 5.74) is 2.53. The van der Waals surface area contributed by atoms with E-state index in [1.165, 1.54) is 19.2 Å². The van der Waals surface area contributed by atoms with E-state index in [-0.39, 0.29) is 30.2 Å². The predicted octanol–water partition coefficient (Wildman–Crippen LogP) is 3.32. The highest BCUT2D eigenvalue weighted by atomic mass is 32.1. The molecule has 1 aromatic carbocycles. The zero-order valence-corrected chi connectivity index (χ0v) is 18.1. The van der Waals surface area contributed by atoms with Gasteiger partial charge in [-0.1, -0.05) is 6.07 Å². The summed E-state index contributed by atoms with van der Waals surface area (Å²) in [6.45, 7) is 0.373. The van der Waals surface area contributed by atoms with E-state index in [9.17, 15) is 14.9 Å². The summed E-state index contributed by atoms with van der Waals surface area (Å²) in [4.78, 5) is 28.9. The number of ether oxygens (including phenoxy) is 1. The SMILES string of the molecule is COC(=O)CCN1C(=S)NC(c2ccccn2)C1c1cccn1-c1ccc([N+](=O)[O-])cc1. The fourth-order valence-corrected chi connectivity index (χ4v) is 4.22. The van der Waals surface area contributed by atoms with Crippen LogP contribution < -0.4 is 5.32 Å². The summed E-state index contributed by atoms with van der Waals surface area (Å²) < 4.78 is 6.77. The number of nitrogens with one attached hydrogen (secondary N) is 1. The van der Waals surface area contributed by atoms with Gasteiger partial charge in [0.2, 0.25) is 0 Å². The lowest BCUT2D eigenvalue weighted by molar-refractivity contribution is -0.384. The molecule has 2 unspecified atom stereocenters. The van der Waals surface area contributed by atoms with Crippen LogP contribution in [0, 0.1) is 10.1 Å². The molecule has 0 spiro atoms. The molecule has 3 heterocycles. The number of pyridine rings is 1. The Bertz CT molecular complexity index is 1130. The number of rotatable bonds is 7. The minimum atomic E-state index is -0.425. The Balaban J connectivity index is 1.74. The lowest BCUT2D eigenvalue weighted by atomic mass is 10.0. The van der Waals surface area contributed by atoms with Crippen molar-refractivity contribution in [3.05, 3.63) is 88.5 Å². The van der Waals surface area contributed by atoms with Crippen molar-refractivity contribution in [2.45, 2.75) is 18.5 Å². The number of carbonyl (C=O) groups is 1. The molecule has 4 rings (SSSR count). The molecular formula is C22H21N5O4S. The number of nitrogens with zero attached hydrogens (tertiary/aromatic N) is 4. The maximum Gasteiger partial charge on any atom is 0.307 e. The molecule has 2 aromatic heterocycles. The molecule has 0 amide bonds. The zero-order chi connectivity index (χ0) is 22.7. The standard InChI is InChI=1S/C22H21N5O4S/c1-31-19(28)11-14-26-21(20(24-22(26)32)17-5-2-3-12-23-17)18-6-4-13-25(18)15-7-9-16(10-8-15)27(29)30/h2-10,12-13,20-21H,11,14H2,1H3,(H,24,32). The van der Waals surface area contributed by atoms with Crippen LogP contribution in [0.1, 0.15) is 29.9 Å². The minimum Gasteiger partial charge on any atom is -0.469 e. The smallest absolute Gasteiger partial charge is 0.307 e. The van der Waals surface area contributed by atoms with Gasteiger partial charge in [0.05, 0.1) is 36.2 Å². The first-order chi connectivity index (χ1) is 15.5. The van der Waals surface area contributed by atoms with Gasteiger partial charge < -0.3 is 19.5 Å². The first kappa shape index (κ1) is 21.4. The Hall–Kier alpha value is -3.79. The molecule has 164 valence electrons. The molecule has 1 saturated heterocycles. The summed E-state index contributed by atoms with van der Waals surface area (Å²) in [6, 6.07) is 15.4. The third kappa shape index (κ3) is 4.17. The Kier molecular flexibility index (Phi) is 6.13. The number of nitro groups is 1. The van der Waals surface area contributed by atoms with Gasteiger partial charge in [-0.05, 0) is 48.6 Å². The van der Waals surface area contributed by atoms with Crippen LogP contribution >= 0.6 is 12.2 Å². The van der Waals surface area contributed by atoms with E-state index >= 15 is 0 Å². The molecule has 2 atom stereocenters. The molecule has 9 nitrogen and oxygen atoms in total. The number of nitro benzene ring substituents is 1. The van der Waals surface area contributed by atoms with Crippen molar-refractivity contribution in [1.29, 1.82) is 0 Å². The average Bonchev–Trinajstić information content (AvgIpc) is 3.42. The number of thiocarbonyl (C=S) groups is 1. The van der Waals surface area contributed by atoms with Crippen molar-refractivity contribution in [1.82, 2.24) is 19.8 Å². The van der Waals surface area contributed by atoms with E-state index in [0.29, 0.717) is 11.7 Å². The molecule has 1 N–H and O–H groups in total. The molecule has 0 saturated carbocycles. The monoisotopic (exact) mass is 451 g/mol. The van der Waals surface area contributed by atoms with Crippen molar-refractivity contribution in [2.24, 2.45) is 0 Å². The second-order valence-electron chi connectivity index (χ2n) is 7.22. The molecule has 10 heteroatoms. The van der Waals surface area contributed by atoms with Gasteiger partial charge in [-0.15, -0.1) is 0 Å². The second kappa shape index (κ2) is 9.15. The highest BCUT2D eigenvalue weighted by Crippen LogP contribution is 2.39. The Morgan fingerprint density at radius 1 is 1.22 bits per heavy atom. The number of esters is 1. The quantitative estimate of drug-likeness (QED) is 0.253. The van der Waals surface area contributed by atoms with E-state index in [1.54, 1.807) is 18.3 Å². The second-order valence-corrected chi connectivity index (χ2v) is 7.61. The van der Waals surface area contributed by atoms with Crippen molar-refractivity contribution in [3.8, 4) is 5.69 Å². The number of carbonyl (C=O) groups excluding carboxylic acids is 1. The molecule has 1 aliphatic heterocycles. The van der Waals surface area contributed by atoms with Crippen LogP contribution in [0.5, 0.6) is 0 Å². The molecule has 32 heavy (non-hydrogen) atoms. The molecule has 0 bridgehead atoms. The first-order valence-electron chi connectivity index (χ1n) is 9.96. The summed E-state index contributed by atoms with van der Waals surface area (Å²) in [5.74, 6) is -0.321. The first-order valence-corrected chi connectivity index (χ1v) is 10.4. The minimum absolute atomic E-state index is 0.0252. The van der Waals surface area contributed by atoms with Gasteiger partial charge in [-0.25, -0.2) is 0 Å². The van der Waals surface area contributed by atoms with Crippen LogP contribution in [0.25, 0.3) is 5.69 Å². The summed E-state index contributed by atoms with van der Waals surface area (Å²) >= 11 is 5.61. The Morgan fingerprint density at radius 2 is 2.00 bits per heavy atom. The fourth-order valence-electron chi connectivity index (χ4n) is 3.89. The normalized spacial score (nSPS) is 17.8. The maximum absolute atomic E-state index is 11.8. The van der Waals surface area contributed by atoms with E-state index in [0.717, 1.165) is 17.1 Å². The van der Waals surface area contributed by atoms with Gasteiger partial charge in [-0.2, -0.15) is 0 Å². The number of hydrogen-bond acceptors (Lipinski definition) is 6. The van der Waals surface area contributed by atoms with Gasteiger partial charge in [0.15, 0.2) is 5.11 Å². The lowest BCUT2D eigenvalue weighted by Crippen LogP contribution is -2.32. The van der Waals surface area contributed by atoms with Crippen molar-refractivity contribution in [3.63, 3.8) is 0 Å². The van der Waals surface area contributed by atoms with Crippen molar-refractivity contribution < 1.29 is 14.5 Å². The molecule has 1 fully saturated rings. The van der Waals surface area contributed by atoms with Crippen molar-refractivity contribution >= 4 is 29.0 Å². The van der Waals surface area contributed by atoms with Crippen LogP contribution in [0.3, 0.4) is 0 Å². The van der Waals surface area contributed by atoms with E-state index < -0.39 is 4.92 Å². The van der Waals surface area contributed by atoms with Crippen molar-refractivity contribution in [2.75, 3.05) is 13.7 Å². The fraction of sp³-hybridized carbons (Fsp3) is 0.227. The third-order valence-corrected chi connectivity index (χ3v) is 5.76.